The number of likely N-dealkylation sites (tertiary alicyclic amines) is 1. The third-order valence-corrected chi connectivity index (χ3v) is 9.69. The van der Waals surface area contributed by atoms with Crippen LogP contribution >= 0.6 is 0 Å². The lowest BCUT2D eigenvalue weighted by molar-refractivity contribution is -0.148. The fourth-order valence-corrected chi connectivity index (χ4v) is 7.62. The quantitative estimate of drug-likeness (QED) is 0.484. The van der Waals surface area contributed by atoms with Crippen molar-refractivity contribution in [3.63, 3.8) is 0 Å². The average Bonchev–Trinajstić information content (AvgIpc) is 3.27. The zero-order valence-electron chi connectivity index (χ0n) is 26.0. The van der Waals surface area contributed by atoms with Crippen molar-refractivity contribution < 1.29 is 29.0 Å². The minimum Gasteiger partial charge on any atom is -0.494 e. The van der Waals surface area contributed by atoms with Gasteiger partial charge in [-0.1, -0.05) is 43.4 Å². The number of hydrogen-bond donors (Lipinski definition) is 1. The van der Waals surface area contributed by atoms with Crippen LogP contribution in [0.2, 0.25) is 0 Å². The van der Waals surface area contributed by atoms with Gasteiger partial charge in [-0.2, -0.15) is 0 Å². The second kappa shape index (κ2) is 11.2. The molecule has 1 N–H and O–H groups in total. The van der Waals surface area contributed by atoms with Gasteiger partial charge in [-0.3, -0.25) is 14.4 Å². The molecule has 0 aliphatic carbocycles. The van der Waals surface area contributed by atoms with Crippen molar-refractivity contribution >= 4 is 29.1 Å². The first-order valence-corrected chi connectivity index (χ1v) is 15.5. The van der Waals surface area contributed by atoms with Gasteiger partial charge in [0.05, 0.1) is 36.7 Å². The van der Waals surface area contributed by atoms with Crippen LogP contribution in [0.3, 0.4) is 0 Å². The fraction of sp³-hybridized carbons (Fsp3) is 0.457. The summed E-state index contributed by atoms with van der Waals surface area (Å²) in [4.78, 5) is 48.9. The van der Waals surface area contributed by atoms with Crippen LogP contribution in [0.15, 0.2) is 66.8 Å². The molecule has 3 amide bonds. The van der Waals surface area contributed by atoms with E-state index in [9.17, 15) is 19.5 Å². The maximum absolute atomic E-state index is 14.8. The van der Waals surface area contributed by atoms with Crippen molar-refractivity contribution in [2.45, 2.75) is 64.3 Å². The van der Waals surface area contributed by atoms with E-state index in [1.54, 1.807) is 9.80 Å². The molecule has 1 spiro atoms. The number of aryl methyl sites for hydroxylation is 2. The standard InChI is InChI=1S/C35H41N3O6/c1-6-24(21-39)38-30-33(42)37(27-20-22(3)10-11-23(27)4)19-9-17-35(30)29(32(38)41)28-31(40)36(18-8-16-34(28,5)44-35)25-12-14-26(15-13-25)43-7-2/h8-17,20,24,28-30,39H,6-7,18-19,21H2,1-5H3/t24-,28+,29-,30?,34-,35-/m0/s1. The second-order valence-electron chi connectivity index (χ2n) is 12.4. The summed E-state index contributed by atoms with van der Waals surface area (Å²) in [5, 5.41) is 10.4. The first-order valence-electron chi connectivity index (χ1n) is 15.5. The lowest BCUT2D eigenvalue weighted by atomic mass is 9.74. The highest BCUT2D eigenvalue weighted by Crippen LogP contribution is 2.58. The summed E-state index contributed by atoms with van der Waals surface area (Å²) in [6, 6.07) is 11.6. The van der Waals surface area contributed by atoms with Crippen molar-refractivity contribution in [2.75, 3.05) is 36.1 Å². The zero-order valence-corrected chi connectivity index (χ0v) is 26.0. The Bertz CT molecular complexity index is 1530. The van der Waals surface area contributed by atoms with Crippen molar-refractivity contribution in [3.8, 4) is 5.75 Å². The Morgan fingerprint density at radius 3 is 2.32 bits per heavy atom. The molecule has 4 aliphatic heterocycles. The first-order chi connectivity index (χ1) is 21.1. The van der Waals surface area contributed by atoms with E-state index >= 15 is 0 Å². The van der Waals surface area contributed by atoms with Gasteiger partial charge in [0.1, 0.15) is 17.4 Å². The van der Waals surface area contributed by atoms with Gasteiger partial charge in [0, 0.05) is 24.5 Å². The molecule has 2 aromatic carbocycles. The third kappa shape index (κ3) is 4.47. The largest absolute Gasteiger partial charge is 0.494 e. The highest BCUT2D eigenvalue weighted by atomic mass is 16.5. The average molecular weight is 600 g/mol. The molecule has 9 nitrogen and oxygen atoms in total. The van der Waals surface area contributed by atoms with Gasteiger partial charge in [0.25, 0.3) is 5.91 Å². The van der Waals surface area contributed by atoms with Gasteiger partial charge < -0.3 is 29.3 Å². The van der Waals surface area contributed by atoms with E-state index in [4.69, 9.17) is 9.47 Å². The van der Waals surface area contributed by atoms with Gasteiger partial charge >= 0.3 is 0 Å². The number of benzene rings is 2. The summed E-state index contributed by atoms with van der Waals surface area (Å²) < 4.78 is 12.5. The van der Waals surface area contributed by atoms with E-state index in [0.29, 0.717) is 37.6 Å². The Kier molecular flexibility index (Phi) is 7.66. The second-order valence-corrected chi connectivity index (χ2v) is 12.4. The summed E-state index contributed by atoms with van der Waals surface area (Å²) >= 11 is 0. The molecule has 2 fully saturated rings. The molecule has 1 unspecified atom stereocenters. The highest BCUT2D eigenvalue weighted by Gasteiger charge is 2.75. The van der Waals surface area contributed by atoms with Crippen LogP contribution in [0.4, 0.5) is 11.4 Å². The van der Waals surface area contributed by atoms with Crippen molar-refractivity contribution in [2.24, 2.45) is 11.8 Å². The monoisotopic (exact) mass is 599 g/mol. The summed E-state index contributed by atoms with van der Waals surface area (Å²) in [5.41, 5.74) is 0.857. The summed E-state index contributed by atoms with van der Waals surface area (Å²) in [7, 11) is 0. The topological polar surface area (TPSA) is 99.6 Å². The molecule has 6 atom stereocenters. The molecular weight excluding hydrogens is 558 g/mol. The molecule has 0 aromatic heterocycles. The maximum atomic E-state index is 14.8. The number of anilines is 2. The fourth-order valence-electron chi connectivity index (χ4n) is 7.62. The number of ether oxygens (including phenoxy) is 2. The predicted molar refractivity (Wildman–Crippen MR) is 168 cm³/mol. The van der Waals surface area contributed by atoms with E-state index in [2.05, 4.69) is 0 Å². The van der Waals surface area contributed by atoms with Crippen LogP contribution in [-0.4, -0.2) is 77.3 Å². The van der Waals surface area contributed by atoms with Crippen molar-refractivity contribution in [1.82, 2.24) is 4.90 Å². The number of rotatable bonds is 7. The Balaban J connectivity index is 1.47. The number of fused-ring (bicyclic) bond motifs is 2. The van der Waals surface area contributed by atoms with E-state index < -0.39 is 35.1 Å². The lowest BCUT2D eigenvalue weighted by Gasteiger charge is -2.40. The molecule has 0 bridgehead atoms. The number of amides is 3. The van der Waals surface area contributed by atoms with E-state index in [0.717, 1.165) is 16.8 Å². The van der Waals surface area contributed by atoms with E-state index in [1.807, 2.05) is 101 Å². The maximum Gasteiger partial charge on any atom is 0.253 e. The van der Waals surface area contributed by atoms with Crippen LogP contribution in [0.25, 0.3) is 0 Å². The van der Waals surface area contributed by atoms with Crippen LogP contribution in [0, 0.1) is 25.7 Å². The van der Waals surface area contributed by atoms with Gasteiger partial charge in [0.15, 0.2) is 0 Å². The SMILES string of the molecule is CCOc1ccc(N2CC=C[C@]3(C)O[C@]45C=CCN(c6cc(C)ccc6C)C(=O)C4N([C@@H](CC)CO)C(=O)[C@@H]5[C@@H]3C2=O)cc1. The van der Waals surface area contributed by atoms with Crippen LogP contribution in [-0.2, 0) is 19.1 Å². The molecule has 2 saturated heterocycles. The number of nitrogens with zero attached hydrogens (tertiary/aromatic N) is 3. The number of carbonyl (C=O) groups excluding carboxylic acids is 3. The molecule has 0 saturated carbocycles. The number of aliphatic hydroxyl groups is 1. The number of aliphatic hydroxyl groups excluding tert-OH is 1. The number of hydrogen-bond acceptors (Lipinski definition) is 6. The van der Waals surface area contributed by atoms with Gasteiger partial charge in [-0.05, 0) is 75.6 Å². The van der Waals surface area contributed by atoms with Crippen molar-refractivity contribution in [1.29, 1.82) is 0 Å². The van der Waals surface area contributed by atoms with Gasteiger partial charge in [-0.25, -0.2) is 0 Å². The van der Waals surface area contributed by atoms with E-state index in [1.165, 1.54) is 4.90 Å². The molecule has 9 heteroatoms. The lowest BCUT2D eigenvalue weighted by Crippen LogP contribution is -2.58. The minimum absolute atomic E-state index is 0.244. The Labute approximate surface area is 258 Å². The highest BCUT2D eigenvalue weighted by molar-refractivity contribution is 6.08. The molecule has 4 heterocycles. The Morgan fingerprint density at radius 2 is 1.64 bits per heavy atom. The third-order valence-electron chi connectivity index (χ3n) is 9.69. The van der Waals surface area contributed by atoms with Crippen LogP contribution < -0.4 is 14.5 Å². The summed E-state index contributed by atoms with van der Waals surface area (Å²) in [6.07, 6.45) is 7.94. The molecule has 44 heavy (non-hydrogen) atoms. The summed E-state index contributed by atoms with van der Waals surface area (Å²) in [5.74, 6) is -2.03. The van der Waals surface area contributed by atoms with E-state index in [-0.39, 0.29) is 24.3 Å². The number of carbonyl (C=O) groups is 3. The Morgan fingerprint density at radius 1 is 0.932 bits per heavy atom. The normalized spacial score (nSPS) is 30.2. The smallest absolute Gasteiger partial charge is 0.253 e. The minimum atomic E-state index is -1.40. The van der Waals surface area contributed by atoms with Crippen LogP contribution in [0.5, 0.6) is 5.75 Å². The molecule has 232 valence electrons. The Hall–Kier alpha value is -3.95. The van der Waals surface area contributed by atoms with Crippen LogP contribution in [0.1, 0.15) is 38.3 Å². The molecular formula is C35H41N3O6. The predicted octanol–water partition coefficient (Wildman–Crippen LogP) is 3.95. The van der Waals surface area contributed by atoms with Crippen molar-refractivity contribution in [3.05, 3.63) is 77.9 Å². The summed E-state index contributed by atoms with van der Waals surface area (Å²) in [6.45, 7) is 10.4. The zero-order chi connectivity index (χ0) is 31.4. The van der Waals surface area contributed by atoms with Gasteiger partial charge in [0.2, 0.25) is 11.8 Å². The molecule has 4 aliphatic rings. The first kappa shape index (κ1) is 30.1. The molecule has 6 rings (SSSR count). The van der Waals surface area contributed by atoms with Gasteiger partial charge in [-0.15, -0.1) is 0 Å². The molecule has 0 radical (unpaired) electrons. The molecule has 2 aromatic rings.